The second-order valence-electron chi connectivity index (χ2n) is 10.7. The Morgan fingerprint density at radius 3 is 2.90 bits per heavy atom. The van der Waals surface area contributed by atoms with E-state index in [1.54, 1.807) is 34.1 Å². The van der Waals surface area contributed by atoms with Gasteiger partial charge in [-0.2, -0.15) is 10.1 Å². The Labute approximate surface area is 231 Å². The fourth-order valence-corrected chi connectivity index (χ4v) is 6.11. The van der Waals surface area contributed by atoms with Crippen molar-refractivity contribution in [2.24, 2.45) is 11.8 Å². The molecule has 3 aromatic heterocycles. The molecule has 1 aromatic carbocycles. The molecule has 3 aliphatic rings. The molecule has 0 unspecified atom stereocenters. The van der Waals surface area contributed by atoms with E-state index in [0.717, 1.165) is 19.4 Å². The number of carbonyl (C=O) groups excluding carboxylic acids is 2. The minimum absolute atomic E-state index is 0.0290. The number of hydrogen-bond donors (Lipinski definition) is 1. The van der Waals surface area contributed by atoms with Crippen molar-refractivity contribution in [3.8, 4) is 5.69 Å². The van der Waals surface area contributed by atoms with Gasteiger partial charge in [0.1, 0.15) is 16.7 Å². The van der Waals surface area contributed by atoms with Crippen molar-refractivity contribution < 1.29 is 14.0 Å². The smallest absolute Gasteiger partial charge is 0.243 e. The van der Waals surface area contributed by atoms with Gasteiger partial charge in [-0.3, -0.25) is 14.6 Å². The lowest BCUT2D eigenvalue weighted by Crippen LogP contribution is -2.36. The molecule has 2 amide bonds. The molecule has 0 radical (unpaired) electrons. The van der Waals surface area contributed by atoms with Crippen molar-refractivity contribution in [3.63, 3.8) is 0 Å². The highest BCUT2D eigenvalue weighted by atomic mass is 79.9. The summed E-state index contributed by atoms with van der Waals surface area (Å²) >= 11 is 3.47. The van der Waals surface area contributed by atoms with E-state index in [1.165, 1.54) is 18.9 Å². The van der Waals surface area contributed by atoms with Crippen LogP contribution >= 0.6 is 15.9 Å². The number of nitrogens with zero attached hydrogens (tertiary/aromatic N) is 7. The predicted octanol–water partition coefficient (Wildman–Crippen LogP) is 3.88. The van der Waals surface area contributed by atoms with Crippen LogP contribution in [0.2, 0.25) is 0 Å². The van der Waals surface area contributed by atoms with Gasteiger partial charge in [-0.25, -0.2) is 14.1 Å². The molecule has 1 N–H and O–H groups in total. The zero-order chi connectivity index (χ0) is 26.7. The number of amides is 2. The maximum atomic E-state index is 14.8. The number of rotatable bonds is 6. The highest BCUT2D eigenvalue weighted by Crippen LogP contribution is 2.33. The maximum absolute atomic E-state index is 14.8. The van der Waals surface area contributed by atoms with Crippen molar-refractivity contribution in [2.75, 3.05) is 25.1 Å². The quantitative estimate of drug-likeness (QED) is 0.362. The van der Waals surface area contributed by atoms with E-state index in [1.807, 2.05) is 11.0 Å². The lowest BCUT2D eigenvalue weighted by Gasteiger charge is -2.21. The summed E-state index contributed by atoms with van der Waals surface area (Å²) in [7, 11) is 0. The van der Waals surface area contributed by atoms with Crippen molar-refractivity contribution in [3.05, 3.63) is 47.1 Å². The molecule has 2 saturated carbocycles. The van der Waals surface area contributed by atoms with Gasteiger partial charge in [-0.15, -0.1) is 0 Å². The molecule has 3 fully saturated rings. The zero-order valence-corrected chi connectivity index (χ0v) is 22.6. The summed E-state index contributed by atoms with van der Waals surface area (Å²) < 4.78 is 16.9. The number of hydrogen-bond acceptors (Lipinski definition) is 7. The third-order valence-electron chi connectivity index (χ3n) is 7.89. The Morgan fingerprint density at radius 2 is 2.05 bits per heavy atom. The average molecular weight is 593 g/mol. The van der Waals surface area contributed by atoms with E-state index in [2.05, 4.69) is 36.3 Å². The third-order valence-corrected chi connectivity index (χ3v) is 8.48. The van der Waals surface area contributed by atoms with Gasteiger partial charge in [0.25, 0.3) is 0 Å². The molecule has 2 atom stereocenters. The Hall–Kier alpha value is -3.67. The molecular formula is C27H26BrFN8O2. The van der Waals surface area contributed by atoms with Crippen molar-refractivity contribution in [2.45, 2.75) is 38.1 Å². The van der Waals surface area contributed by atoms with Gasteiger partial charge in [0.2, 0.25) is 17.8 Å². The van der Waals surface area contributed by atoms with E-state index in [4.69, 9.17) is 4.98 Å². The van der Waals surface area contributed by atoms with Crippen LogP contribution < -0.4 is 5.32 Å². The summed E-state index contributed by atoms with van der Waals surface area (Å²) in [4.78, 5) is 42.4. The molecule has 39 heavy (non-hydrogen) atoms. The summed E-state index contributed by atoms with van der Waals surface area (Å²) in [5.41, 5.74) is 1.35. The standard InChI is InChI=1S/C27H26BrFN8O2/c28-24-20-11-31-27(33-25(20)37(34-24)19-9-16-2-1-7-30-23(16)21(29)10-19)32-18-6-5-17(8-18)26(39)36-13-22(38)35(14-36)12-15-3-4-15/h1-2,7,9-11,15,17-18H,3-6,8,12-14H2,(H,31,32,33)/t17-,18-/m1/s1. The van der Waals surface area contributed by atoms with Crippen molar-refractivity contribution in [1.82, 2.24) is 34.5 Å². The van der Waals surface area contributed by atoms with E-state index in [-0.39, 0.29) is 30.3 Å². The average Bonchev–Trinajstić information content (AvgIpc) is 3.35. The fraction of sp³-hybridized carbons (Fsp3) is 0.407. The summed E-state index contributed by atoms with van der Waals surface area (Å²) in [6.07, 6.45) is 7.80. The summed E-state index contributed by atoms with van der Waals surface area (Å²) in [5.74, 6) is 0.563. The van der Waals surface area contributed by atoms with Crippen LogP contribution in [0, 0.1) is 17.7 Å². The van der Waals surface area contributed by atoms with Gasteiger partial charge in [0.05, 0.1) is 17.7 Å². The molecule has 4 aromatic rings. The van der Waals surface area contributed by atoms with Gasteiger partial charge in [0.15, 0.2) is 11.5 Å². The predicted molar refractivity (Wildman–Crippen MR) is 145 cm³/mol. The van der Waals surface area contributed by atoms with Crippen LogP contribution in [0.5, 0.6) is 0 Å². The number of anilines is 1. The van der Waals surface area contributed by atoms with Gasteiger partial charge in [0, 0.05) is 42.4 Å². The largest absolute Gasteiger partial charge is 0.351 e. The van der Waals surface area contributed by atoms with Crippen molar-refractivity contribution in [1.29, 1.82) is 0 Å². The highest BCUT2D eigenvalue weighted by Gasteiger charge is 2.39. The van der Waals surface area contributed by atoms with Crippen LogP contribution in [0.1, 0.15) is 32.1 Å². The number of nitrogens with one attached hydrogen (secondary N) is 1. The van der Waals surface area contributed by atoms with Gasteiger partial charge in [-0.05, 0) is 66.1 Å². The molecule has 10 nitrogen and oxygen atoms in total. The first kappa shape index (κ1) is 24.4. The third kappa shape index (κ3) is 4.60. The second kappa shape index (κ2) is 9.51. The van der Waals surface area contributed by atoms with Crippen LogP contribution in [0.25, 0.3) is 27.6 Å². The first-order chi connectivity index (χ1) is 18.9. The molecule has 0 bridgehead atoms. The van der Waals surface area contributed by atoms with Crippen LogP contribution in [0.3, 0.4) is 0 Å². The monoisotopic (exact) mass is 592 g/mol. The molecule has 200 valence electrons. The molecule has 1 saturated heterocycles. The number of benzene rings is 1. The molecule has 1 aliphatic heterocycles. The van der Waals surface area contributed by atoms with Gasteiger partial charge < -0.3 is 15.1 Å². The topological polar surface area (TPSA) is 109 Å². The second-order valence-corrected chi connectivity index (χ2v) is 11.5. The normalized spacial score (nSPS) is 21.4. The molecule has 0 spiro atoms. The molecule has 12 heteroatoms. The summed E-state index contributed by atoms with van der Waals surface area (Å²) in [6.45, 7) is 1.36. The van der Waals surface area contributed by atoms with Crippen LogP contribution in [0.15, 0.2) is 41.3 Å². The lowest BCUT2D eigenvalue weighted by molar-refractivity contribution is -0.135. The van der Waals surface area contributed by atoms with E-state index in [9.17, 15) is 14.0 Å². The van der Waals surface area contributed by atoms with Crippen LogP contribution in [0.4, 0.5) is 10.3 Å². The first-order valence-corrected chi connectivity index (χ1v) is 14.0. The van der Waals surface area contributed by atoms with Gasteiger partial charge in [-0.1, -0.05) is 6.07 Å². The summed E-state index contributed by atoms with van der Waals surface area (Å²) in [5, 5.41) is 9.27. The zero-order valence-electron chi connectivity index (χ0n) is 21.1. The number of halogens is 2. The van der Waals surface area contributed by atoms with Gasteiger partial charge >= 0.3 is 0 Å². The fourth-order valence-electron chi connectivity index (χ4n) is 5.67. The van der Waals surface area contributed by atoms with E-state index < -0.39 is 5.82 Å². The lowest BCUT2D eigenvalue weighted by atomic mass is 10.1. The maximum Gasteiger partial charge on any atom is 0.243 e. The number of carbonyl (C=O) groups is 2. The highest BCUT2D eigenvalue weighted by molar-refractivity contribution is 9.10. The minimum Gasteiger partial charge on any atom is -0.351 e. The number of aromatic nitrogens is 5. The Bertz CT molecular complexity index is 1620. The number of fused-ring (bicyclic) bond motifs is 2. The SMILES string of the molecule is O=C1CN(C(=O)[C@@H]2CC[C@@H](Nc3ncc4c(Br)nn(-c5cc(F)c6ncccc6c5)c4n3)C2)CN1CC1CC1. The van der Waals surface area contributed by atoms with Crippen LogP contribution in [-0.4, -0.2) is 72.1 Å². The molecule has 7 rings (SSSR count). The Balaban J connectivity index is 1.07. The molecule has 4 heterocycles. The Morgan fingerprint density at radius 1 is 1.18 bits per heavy atom. The summed E-state index contributed by atoms with van der Waals surface area (Å²) in [6, 6.07) is 6.81. The number of pyridine rings is 1. The first-order valence-electron chi connectivity index (χ1n) is 13.2. The minimum atomic E-state index is -0.438. The van der Waals surface area contributed by atoms with Crippen molar-refractivity contribution >= 4 is 55.6 Å². The Kier molecular flexibility index (Phi) is 5.94. The molecular weight excluding hydrogens is 567 g/mol. The van der Waals surface area contributed by atoms with E-state index in [0.29, 0.717) is 57.2 Å². The van der Waals surface area contributed by atoms with Crippen LogP contribution in [-0.2, 0) is 9.59 Å². The van der Waals surface area contributed by atoms with E-state index >= 15 is 0 Å². The molecule has 2 aliphatic carbocycles.